The van der Waals surface area contributed by atoms with Gasteiger partial charge in [-0.2, -0.15) is 0 Å². The lowest BCUT2D eigenvalue weighted by molar-refractivity contribution is 0.276. The zero-order valence-electron chi connectivity index (χ0n) is 37.0. The number of piperidine rings is 3. The van der Waals surface area contributed by atoms with E-state index in [0.29, 0.717) is 23.8 Å². The summed E-state index contributed by atoms with van der Waals surface area (Å²) >= 11 is 0. The Balaban J connectivity index is 0.000000184. The molecule has 0 amide bonds. The summed E-state index contributed by atoms with van der Waals surface area (Å²) in [7, 11) is 0. The molecule has 3 aromatic rings. The first-order valence-electron chi connectivity index (χ1n) is 21.9. The van der Waals surface area contributed by atoms with Gasteiger partial charge >= 0.3 is 0 Å². The minimum atomic E-state index is 0.408. The summed E-state index contributed by atoms with van der Waals surface area (Å²) in [5, 5.41) is 0. The fourth-order valence-corrected chi connectivity index (χ4v) is 8.09. The Labute approximate surface area is 336 Å². The molecule has 0 N–H and O–H groups in total. The molecule has 9 nitrogen and oxygen atoms in total. The van der Waals surface area contributed by atoms with Gasteiger partial charge in [0.1, 0.15) is 11.6 Å². The SMILES string of the molecule is CC(C)c1cnc(N2CCC(C(C)C)CC2)cn1.CC(C)c1cnc(N2CCC(C(C)C)CC2C)nc1.CC(C)c1ncc(N2CCC(C(C)C)CC2)cn1. The minimum Gasteiger partial charge on any atom is -0.369 e. The van der Waals surface area contributed by atoms with E-state index >= 15 is 0 Å². The maximum Gasteiger partial charge on any atom is 0.225 e. The highest BCUT2D eigenvalue weighted by Gasteiger charge is 2.29. The molecule has 6 heterocycles. The van der Waals surface area contributed by atoms with Gasteiger partial charge in [0, 0.05) is 57.1 Å². The molecule has 55 heavy (non-hydrogen) atoms. The first-order chi connectivity index (χ1) is 26.1. The van der Waals surface area contributed by atoms with E-state index in [1.807, 2.05) is 37.2 Å². The van der Waals surface area contributed by atoms with E-state index in [4.69, 9.17) is 0 Å². The molecule has 0 spiro atoms. The van der Waals surface area contributed by atoms with Gasteiger partial charge in [0.15, 0.2) is 0 Å². The second-order valence-electron chi connectivity index (χ2n) is 18.6. The Bertz CT molecular complexity index is 1410. The van der Waals surface area contributed by atoms with Crippen molar-refractivity contribution < 1.29 is 0 Å². The van der Waals surface area contributed by atoms with E-state index in [-0.39, 0.29) is 0 Å². The third-order valence-electron chi connectivity index (χ3n) is 12.5. The molecule has 3 aromatic heterocycles. The van der Waals surface area contributed by atoms with E-state index in [0.717, 1.165) is 91.5 Å². The fourth-order valence-electron chi connectivity index (χ4n) is 8.09. The van der Waals surface area contributed by atoms with Gasteiger partial charge in [0.25, 0.3) is 0 Å². The van der Waals surface area contributed by atoms with Crippen molar-refractivity contribution in [3.05, 3.63) is 54.3 Å². The maximum atomic E-state index is 4.56. The summed E-state index contributed by atoms with van der Waals surface area (Å²) in [6, 6.07) is 0.547. The highest BCUT2D eigenvalue weighted by Crippen LogP contribution is 2.31. The summed E-state index contributed by atoms with van der Waals surface area (Å²) in [5.41, 5.74) is 3.48. The molecular weight excluding hydrogens is 679 g/mol. The number of rotatable bonds is 9. The van der Waals surface area contributed by atoms with Gasteiger partial charge < -0.3 is 14.7 Å². The number of nitrogens with zero attached hydrogens (tertiary/aromatic N) is 9. The second kappa shape index (κ2) is 21.2. The van der Waals surface area contributed by atoms with Crippen LogP contribution < -0.4 is 14.7 Å². The lowest BCUT2D eigenvalue weighted by Crippen LogP contribution is -2.42. The summed E-state index contributed by atoms with van der Waals surface area (Å²) in [4.78, 5) is 34.2. The topological polar surface area (TPSA) is 87.1 Å². The summed E-state index contributed by atoms with van der Waals surface area (Å²) in [6.45, 7) is 34.8. The van der Waals surface area contributed by atoms with Crippen molar-refractivity contribution in [2.24, 2.45) is 35.5 Å². The van der Waals surface area contributed by atoms with Gasteiger partial charge in [0.2, 0.25) is 5.95 Å². The van der Waals surface area contributed by atoms with Crippen LogP contribution in [-0.2, 0) is 0 Å². The molecule has 3 aliphatic rings. The smallest absolute Gasteiger partial charge is 0.225 e. The maximum absolute atomic E-state index is 4.56. The van der Waals surface area contributed by atoms with Crippen LogP contribution in [0.15, 0.2) is 37.2 Å². The Hall–Kier alpha value is -3.36. The zero-order valence-corrected chi connectivity index (χ0v) is 37.0. The van der Waals surface area contributed by atoms with Crippen molar-refractivity contribution in [2.45, 2.75) is 152 Å². The normalized spacial score (nSPS) is 20.0. The monoisotopic (exact) mass is 756 g/mol. The standard InChI is InChI=1S/C16H27N3.2C15H25N3/c1-11(2)14-6-7-19(13(5)8-14)16-17-9-15(10-18-16)12(3)4;1-11(2)13-5-7-18(8-6-13)15-10-16-14(9-17-15)12(3)4;1-11(2)13-5-7-18(8-6-13)14-9-16-15(12(3)4)17-10-14/h9-14H,6-8H2,1-5H3;2*9-13H,5-8H2,1-4H3. The van der Waals surface area contributed by atoms with Crippen molar-refractivity contribution in [3.63, 3.8) is 0 Å². The van der Waals surface area contributed by atoms with Crippen LogP contribution in [0.1, 0.15) is 163 Å². The first-order valence-corrected chi connectivity index (χ1v) is 21.9. The van der Waals surface area contributed by atoms with Crippen molar-refractivity contribution in [1.29, 1.82) is 0 Å². The van der Waals surface area contributed by atoms with Crippen molar-refractivity contribution in [1.82, 2.24) is 29.9 Å². The van der Waals surface area contributed by atoms with Crippen LogP contribution in [0.5, 0.6) is 0 Å². The van der Waals surface area contributed by atoms with E-state index in [1.54, 1.807) is 0 Å². The van der Waals surface area contributed by atoms with Crippen LogP contribution in [-0.4, -0.2) is 68.7 Å². The Morgan fingerprint density at radius 2 is 1.00 bits per heavy atom. The molecule has 9 heteroatoms. The minimum absolute atomic E-state index is 0.408. The summed E-state index contributed by atoms with van der Waals surface area (Å²) < 4.78 is 0. The molecule has 0 radical (unpaired) electrons. The van der Waals surface area contributed by atoms with Gasteiger partial charge in [-0.3, -0.25) is 4.98 Å². The van der Waals surface area contributed by atoms with Crippen LogP contribution in [0.4, 0.5) is 17.5 Å². The average Bonchev–Trinajstić information content (AvgIpc) is 3.18. The number of aromatic nitrogens is 6. The molecule has 3 aliphatic heterocycles. The average molecular weight is 756 g/mol. The Kier molecular flexibility index (Phi) is 17.1. The molecule has 0 aromatic carbocycles. The molecule has 306 valence electrons. The summed E-state index contributed by atoms with van der Waals surface area (Å²) in [5.74, 6) is 9.27. The zero-order chi connectivity index (χ0) is 40.2. The molecule has 0 saturated carbocycles. The predicted molar refractivity (Wildman–Crippen MR) is 232 cm³/mol. The van der Waals surface area contributed by atoms with Crippen LogP contribution in [0.25, 0.3) is 0 Å². The van der Waals surface area contributed by atoms with E-state index in [9.17, 15) is 0 Å². The molecule has 0 bridgehead atoms. The van der Waals surface area contributed by atoms with Crippen LogP contribution in [0.2, 0.25) is 0 Å². The van der Waals surface area contributed by atoms with Gasteiger partial charge in [-0.25, -0.2) is 24.9 Å². The second-order valence-corrected chi connectivity index (χ2v) is 18.6. The van der Waals surface area contributed by atoms with Crippen LogP contribution in [0.3, 0.4) is 0 Å². The van der Waals surface area contributed by atoms with Crippen molar-refractivity contribution in [2.75, 3.05) is 47.4 Å². The van der Waals surface area contributed by atoms with Crippen molar-refractivity contribution in [3.8, 4) is 0 Å². The lowest BCUT2D eigenvalue weighted by Gasteiger charge is -2.39. The molecule has 2 unspecified atom stereocenters. The Morgan fingerprint density at radius 3 is 1.42 bits per heavy atom. The number of anilines is 3. The molecule has 0 aliphatic carbocycles. The Morgan fingerprint density at radius 1 is 0.491 bits per heavy atom. The molecular formula is C46H77N9. The van der Waals surface area contributed by atoms with Crippen molar-refractivity contribution >= 4 is 17.5 Å². The van der Waals surface area contributed by atoms with Gasteiger partial charge in [-0.1, -0.05) is 83.1 Å². The molecule has 2 atom stereocenters. The lowest BCUT2D eigenvalue weighted by atomic mass is 9.83. The predicted octanol–water partition coefficient (Wildman–Crippen LogP) is 10.8. The van der Waals surface area contributed by atoms with Crippen LogP contribution in [0, 0.1) is 35.5 Å². The molecule has 3 fully saturated rings. The first kappa shape index (κ1) is 44.4. The molecule has 3 saturated heterocycles. The van der Waals surface area contributed by atoms with Gasteiger partial charge in [-0.05, 0) is 98.4 Å². The van der Waals surface area contributed by atoms with E-state index in [1.165, 1.54) is 49.8 Å². The van der Waals surface area contributed by atoms with Gasteiger partial charge in [0.05, 0.1) is 36.2 Å². The third kappa shape index (κ3) is 13.1. The highest BCUT2D eigenvalue weighted by molar-refractivity contribution is 5.42. The largest absolute Gasteiger partial charge is 0.369 e. The summed E-state index contributed by atoms with van der Waals surface area (Å²) in [6.07, 6.45) is 19.5. The molecule has 6 rings (SSSR count). The third-order valence-corrected chi connectivity index (χ3v) is 12.5. The van der Waals surface area contributed by atoms with E-state index < -0.39 is 0 Å². The van der Waals surface area contributed by atoms with E-state index in [2.05, 4.69) is 135 Å². The van der Waals surface area contributed by atoms with Gasteiger partial charge in [-0.15, -0.1) is 0 Å². The fraction of sp³-hybridized carbons (Fsp3) is 0.739. The highest BCUT2D eigenvalue weighted by atomic mass is 15.3. The number of hydrogen-bond donors (Lipinski definition) is 0. The van der Waals surface area contributed by atoms with Crippen LogP contribution >= 0.6 is 0 Å². The quantitative estimate of drug-likeness (QED) is 0.212. The number of hydrogen-bond acceptors (Lipinski definition) is 9.